The van der Waals surface area contributed by atoms with E-state index in [-0.39, 0.29) is 36.2 Å². The highest BCUT2D eigenvalue weighted by atomic mass is 79.9. The molecule has 3 fully saturated rings. The molecule has 2 heterocycles. The van der Waals surface area contributed by atoms with Crippen LogP contribution in [0.25, 0.3) is 0 Å². The summed E-state index contributed by atoms with van der Waals surface area (Å²) in [5.41, 5.74) is 4.01. The number of hydrazine groups is 1. The number of phenols is 1. The molecule has 12 heteroatoms. The third-order valence-electron chi connectivity index (χ3n) is 10.9. The molecule has 9 nitrogen and oxygen atoms in total. The molecule has 0 unspecified atom stereocenters. The number of aromatic hydroxyl groups is 1. The Hall–Kier alpha value is -5.00. The van der Waals surface area contributed by atoms with Gasteiger partial charge in [0.1, 0.15) is 5.82 Å². The molecule has 2 saturated heterocycles. The van der Waals surface area contributed by atoms with E-state index in [1.54, 1.807) is 60.7 Å². The van der Waals surface area contributed by atoms with Crippen LogP contribution in [0.15, 0.2) is 107 Å². The predicted molar refractivity (Wildman–Crippen MR) is 190 cm³/mol. The van der Waals surface area contributed by atoms with Crippen LogP contribution in [0.4, 0.5) is 15.8 Å². The highest BCUT2D eigenvalue weighted by molar-refractivity contribution is 9.10. The highest BCUT2D eigenvalue weighted by Gasteiger charge is 2.70. The molecule has 0 aromatic heterocycles. The van der Waals surface area contributed by atoms with Crippen LogP contribution in [0.1, 0.15) is 29.9 Å². The first-order chi connectivity index (χ1) is 24.5. The van der Waals surface area contributed by atoms with Crippen LogP contribution in [-0.2, 0) is 24.6 Å². The van der Waals surface area contributed by atoms with Crippen molar-refractivity contribution in [3.05, 3.63) is 129 Å². The number of hydrogen-bond acceptors (Lipinski definition) is 7. The summed E-state index contributed by atoms with van der Waals surface area (Å²) in [5, 5.41) is 12.0. The summed E-state index contributed by atoms with van der Waals surface area (Å²) in [7, 11) is 1.42. The van der Waals surface area contributed by atoms with E-state index in [0.29, 0.717) is 27.5 Å². The first-order valence-electron chi connectivity index (χ1n) is 16.4. The second-order valence-electron chi connectivity index (χ2n) is 13.3. The van der Waals surface area contributed by atoms with E-state index in [9.17, 15) is 23.9 Å². The third-order valence-corrected chi connectivity index (χ3v) is 11.7. The lowest BCUT2D eigenvalue weighted by Crippen LogP contribution is -2.53. The van der Waals surface area contributed by atoms with Gasteiger partial charge >= 0.3 is 0 Å². The number of hydrogen-bond donors (Lipinski definition) is 2. The number of imide groups is 2. The van der Waals surface area contributed by atoms with Crippen LogP contribution in [0.3, 0.4) is 0 Å². The van der Waals surface area contributed by atoms with Gasteiger partial charge in [0, 0.05) is 15.4 Å². The molecule has 0 spiro atoms. The molecule has 258 valence electrons. The van der Waals surface area contributed by atoms with E-state index >= 15 is 4.79 Å². The summed E-state index contributed by atoms with van der Waals surface area (Å²) in [6.45, 7) is 0. The maximum atomic E-state index is 15.2. The molecule has 4 aromatic rings. The van der Waals surface area contributed by atoms with E-state index in [1.165, 1.54) is 42.3 Å². The molecule has 4 aromatic carbocycles. The van der Waals surface area contributed by atoms with Gasteiger partial charge in [0.25, 0.3) is 11.8 Å². The smallest absolute Gasteiger partial charge is 0.260 e. The summed E-state index contributed by atoms with van der Waals surface area (Å²) >= 11 is 9.77. The molecule has 4 amide bonds. The Kier molecular flexibility index (Phi) is 8.03. The molecule has 6 atom stereocenters. The monoisotopic (exact) mass is 769 g/mol. The summed E-state index contributed by atoms with van der Waals surface area (Å²) < 4.78 is 20.2. The Morgan fingerprint density at radius 1 is 0.902 bits per heavy atom. The number of carbonyl (C=O) groups is 4. The van der Waals surface area contributed by atoms with E-state index in [4.69, 9.17) is 16.3 Å². The zero-order valence-corrected chi connectivity index (χ0v) is 29.4. The largest absolute Gasteiger partial charge is 0.504 e. The average Bonchev–Trinajstić information content (AvgIpc) is 3.51. The van der Waals surface area contributed by atoms with Gasteiger partial charge < -0.3 is 9.84 Å². The minimum Gasteiger partial charge on any atom is -0.504 e. The Morgan fingerprint density at radius 2 is 1.61 bits per heavy atom. The van der Waals surface area contributed by atoms with Gasteiger partial charge in [-0.05, 0) is 103 Å². The number of fused-ring (bicyclic) bond motifs is 4. The number of allylic oxidation sites excluding steroid dienone is 2. The molecule has 0 radical (unpaired) electrons. The van der Waals surface area contributed by atoms with Crippen LogP contribution in [0.2, 0.25) is 5.02 Å². The van der Waals surface area contributed by atoms with Crippen molar-refractivity contribution in [2.75, 3.05) is 17.4 Å². The molecule has 1 saturated carbocycles. The van der Waals surface area contributed by atoms with Crippen molar-refractivity contribution in [3.8, 4) is 11.5 Å². The van der Waals surface area contributed by atoms with Crippen molar-refractivity contribution in [1.82, 2.24) is 5.01 Å². The number of benzene rings is 4. The summed E-state index contributed by atoms with van der Waals surface area (Å²) in [6, 6.07) is 23.9. The van der Waals surface area contributed by atoms with E-state index in [1.807, 2.05) is 6.08 Å². The number of phenolic OH excluding ortho intramolecular Hbond substituents is 1. The van der Waals surface area contributed by atoms with Gasteiger partial charge in [-0.2, -0.15) is 5.01 Å². The van der Waals surface area contributed by atoms with Gasteiger partial charge in [-0.3, -0.25) is 29.5 Å². The fraction of sp³-hybridized carbons (Fsp3) is 0.231. The lowest BCUT2D eigenvalue weighted by atomic mass is 9.49. The van der Waals surface area contributed by atoms with Gasteiger partial charge in [0.05, 0.1) is 41.7 Å². The number of nitrogens with one attached hydrogen (secondary N) is 1. The van der Waals surface area contributed by atoms with Gasteiger partial charge in [0.2, 0.25) is 11.8 Å². The van der Waals surface area contributed by atoms with Crippen molar-refractivity contribution < 1.29 is 33.4 Å². The number of anilines is 2. The van der Waals surface area contributed by atoms with Crippen molar-refractivity contribution in [3.63, 3.8) is 0 Å². The maximum Gasteiger partial charge on any atom is 0.260 e. The highest BCUT2D eigenvalue weighted by Crippen LogP contribution is 2.64. The first kappa shape index (κ1) is 33.2. The maximum absolute atomic E-state index is 15.2. The topological polar surface area (TPSA) is 116 Å². The number of halogens is 3. The first-order valence-corrected chi connectivity index (χ1v) is 17.6. The number of carbonyl (C=O) groups excluding carboxylic acids is 4. The van der Waals surface area contributed by atoms with Crippen molar-refractivity contribution in [1.29, 1.82) is 0 Å². The molecular formula is C39H30BrClFN3O6. The van der Waals surface area contributed by atoms with Gasteiger partial charge in [-0.1, -0.05) is 57.4 Å². The SMILES string of the molecule is COc1cc([C@H]2C3=CC[C@@H]4C(=O)N(c5ccc(Br)cc5)C(=O)[C@@H]4[C@@H]3C[C@H]3C(=O)N(Nc4ccc(F)cc4)C(=O)[C@@]23c2ccc(Cl)cc2)ccc1O. The van der Waals surface area contributed by atoms with Crippen molar-refractivity contribution in [2.45, 2.75) is 24.2 Å². The summed E-state index contributed by atoms with van der Waals surface area (Å²) in [4.78, 5) is 59.6. The molecular weight excluding hydrogens is 741 g/mol. The van der Waals surface area contributed by atoms with Gasteiger partial charge in [0.15, 0.2) is 11.5 Å². The number of ether oxygens (including phenoxy) is 1. The molecule has 2 aliphatic carbocycles. The van der Waals surface area contributed by atoms with Crippen molar-refractivity contribution >= 4 is 62.5 Å². The summed E-state index contributed by atoms with van der Waals surface area (Å²) in [6.07, 6.45) is 2.30. The second kappa shape index (κ2) is 12.3. The minimum atomic E-state index is -1.55. The molecule has 8 rings (SSSR count). The van der Waals surface area contributed by atoms with E-state index < -0.39 is 52.6 Å². The quantitative estimate of drug-likeness (QED) is 0.158. The standard InChI is InChI=1S/C39H30BrClFN3O6/c1-51-32-18-20(2-17-31(32)46)34-27-15-16-28-33(37(49)44(35(28)47)26-13-5-22(40)6-14-26)29(27)19-30-36(48)45(43-25-11-9-24(42)10-12-25)38(50)39(30,34)21-3-7-23(41)8-4-21/h2-15,17-18,28-30,33-34,43,46H,16,19H2,1H3/t28-,29+,30-,33-,34-,39+/m0/s1. The average molecular weight is 771 g/mol. The summed E-state index contributed by atoms with van der Waals surface area (Å²) in [5.74, 6) is -6.04. The predicted octanol–water partition coefficient (Wildman–Crippen LogP) is 7.15. The molecule has 2 aliphatic heterocycles. The second-order valence-corrected chi connectivity index (χ2v) is 14.6. The zero-order chi connectivity index (χ0) is 35.8. The lowest BCUT2D eigenvalue weighted by Gasteiger charge is -2.50. The Bertz CT molecular complexity index is 2140. The number of amides is 4. The van der Waals surface area contributed by atoms with Gasteiger partial charge in [-0.15, -0.1) is 0 Å². The van der Waals surface area contributed by atoms with E-state index in [0.717, 1.165) is 15.1 Å². The minimum absolute atomic E-state index is 0.0979. The Balaban J connectivity index is 1.33. The van der Waals surface area contributed by atoms with Crippen LogP contribution < -0.4 is 15.1 Å². The Morgan fingerprint density at radius 3 is 2.29 bits per heavy atom. The molecule has 51 heavy (non-hydrogen) atoms. The van der Waals surface area contributed by atoms with Crippen LogP contribution in [0.5, 0.6) is 11.5 Å². The number of methoxy groups -OCH3 is 1. The van der Waals surface area contributed by atoms with Crippen LogP contribution in [-0.4, -0.2) is 40.9 Å². The van der Waals surface area contributed by atoms with Crippen LogP contribution >= 0.6 is 27.5 Å². The fourth-order valence-corrected chi connectivity index (χ4v) is 9.14. The van der Waals surface area contributed by atoms with Crippen molar-refractivity contribution in [2.24, 2.45) is 23.7 Å². The van der Waals surface area contributed by atoms with Gasteiger partial charge in [-0.25, -0.2) is 4.39 Å². The number of nitrogens with zero attached hydrogens (tertiary/aromatic N) is 2. The van der Waals surface area contributed by atoms with Crippen LogP contribution in [0, 0.1) is 29.5 Å². The fourth-order valence-electron chi connectivity index (χ4n) is 8.75. The molecule has 4 aliphatic rings. The third kappa shape index (κ3) is 5.00. The van der Waals surface area contributed by atoms with E-state index in [2.05, 4.69) is 21.4 Å². The molecule has 2 N–H and O–H groups in total. The lowest BCUT2D eigenvalue weighted by molar-refractivity contribution is -0.138. The molecule has 0 bridgehead atoms. The zero-order valence-electron chi connectivity index (χ0n) is 27.1. The normalized spacial score (nSPS) is 26.8. The number of rotatable bonds is 6. The Labute approximate surface area is 305 Å².